The second-order valence-corrected chi connectivity index (χ2v) is 4.38. The van der Waals surface area contributed by atoms with Crippen LogP contribution in [0.2, 0.25) is 0 Å². The van der Waals surface area contributed by atoms with Crippen LogP contribution < -0.4 is 0 Å². The first-order valence-electron chi connectivity index (χ1n) is 5.59. The van der Waals surface area contributed by atoms with Gasteiger partial charge in [-0.15, -0.1) is 0 Å². The first-order chi connectivity index (χ1) is 7.81. The molecule has 1 nitrogen and oxygen atoms in total. The quantitative estimate of drug-likeness (QED) is 0.689. The van der Waals surface area contributed by atoms with Crippen molar-refractivity contribution < 1.29 is 4.74 Å². The highest BCUT2D eigenvalue weighted by Crippen LogP contribution is 2.56. The maximum absolute atomic E-state index is 5.88. The molecule has 1 heteroatoms. The molecule has 1 aliphatic heterocycles. The number of benzene rings is 2. The first-order valence-corrected chi connectivity index (χ1v) is 5.59. The molecule has 1 saturated heterocycles. The van der Waals surface area contributed by atoms with Crippen LogP contribution in [0, 0.1) is 0 Å². The molecule has 0 aliphatic carbocycles. The van der Waals surface area contributed by atoms with Gasteiger partial charge >= 0.3 is 0 Å². The van der Waals surface area contributed by atoms with Crippen molar-refractivity contribution in [2.75, 3.05) is 0 Å². The van der Waals surface area contributed by atoms with Gasteiger partial charge in [0.25, 0.3) is 0 Å². The average molecular weight is 210 g/mol. The van der Waals surface area contributed by atoms with Gasteiger partial charge in [-0.1, -0.05) is 60.7 Å². The molecule has 80 valence electrons. The molecule has 3 rings (SSSR count). The average Bonchev–Trinajstić information content (AvgIpc) is 3.06. The largest absolute Gasteiger partial charge is 0.356 e. The predicted octanol–water partition coefficient (Wildman–Crippen LogP) is 3.67. The highest BCUT2D eigenvalue weighted by atomic mass is 16.6. The van der Waals surface area contributed by atoms with E-state index in [4.69, 9.17) is 4.74 Å². The van der Waals surface area contributed by atoms with Crippen molar-refractivity contribution >= 4 is 0 Å². The maximum Gasteiger partial charge on any atom is 0.122 e. The number of epoxide rings is 1. The normalized spacial score (nSPS) is 27.7. The number of rotatable bonds is 2. The van der Waals surface area contributed by atoms with Gasteiger partial charge in [0.05, 0.1) is 0 Å². The van der Waals surface area contributed by atoms with E-state index in [-0.39, 0.29) is 11.7 Å². The van der Waals surface area contributed by atoms with E-state index in [0.717, 1.165) is 0 Å². The summed E-state index contributed by atoms with van der Waals surface area (Å²) >= 11 is 0. The fraction of sp³-hybridized carbons (Fsp3) is 0.200. The zero-order valence-electron chi connectivity index (χ0n) is 9.26. The van der Waals surface area contributed by atoms with E-state index in [1.54, 1.807) is 0 Å². The lowest BCUT2D eigenvalue weighted by atomic mass is 9.94. The van der Waals surface area contributed by atoms with E-state index in [1.807, 2.05) is 12.1 Å². The van der Waals surface area contributed by atoms with Crippen LogP contribution in [0.25, 0.3) is 0 Å². The Morgan fingerprint density at radius 1 is 0.875 bits per heavy atom. The Kier molecular flexibility index (Phi) is 2.08. The molecular formula is C15H14O. The standard InChI is InChI=1S/C15H14O/c1-15(13-10-6-3-7-11-13)14(16-15)12-8-4-2-5-9-12/h2-11,14H,1H3/t14-,15+/m1/s1. The molecule has 1 aliphatic rings. The smallest absolute Gasteiger partial charge is 0.122 e. The fourth-order valence-electron chi connectivity index (χ4n) is 2.21. The van der Waals surface area contributed by atoms with Gasteiger partial charge in [0.1, 0.15) is 11.7 Å². The summed E-state index contributed by atoms with van der Waals surface area (Å²) in [6.07, 6.45) is 0.205. The van der Waals surface area contributed by atoms with Crippen molar-refractivity contribution in [3.8, 4) is 0 Å². The Labute approximate surface area is 95.7 Å². The fourth-order valence-corrected chi connectivity index (χ4v) is 2.21. The van der Waals surface area contributed by atoms with Gasteiger partial charge in [0.2, 0.25) is 0 Å². The summed E-state index contributed by atoms with van der Waals surface area (Å²) in [5.41, 5.74) is 2.38. The minimum Gasteiger partial charge on any atom is -0.356 e. The Hall–Kier alpha value is -1.60. The van der Waals surface area contributed by atoms with Gasteiger partial charge in [-0.25, -0.2) is 0 Å². The number of hydrogen-bond acceptors (Lipinski definition) is 1. The van der Waals surface area contributed by atoms with Crippen LogP contribution in [-0.4, -0.2) is 0 Å². The molecule has 2 aromatic rings. The van der Waals surface area contributed by atoms with Crippen LogP contribution in [0.5, 0.6) is 0 Å². The van der Waals surface area contributed by atoms with Gasteiger partial charge in [-0.05, 0) is 18.1 Å². The predicted molar refractivity (Wildman–Crippen MR) is 64.1 cm³/mol. The van der Waals surface area contributed by atoms with Gasteiger partial charge in [0.15, 0.2) is 0 Å². The highest BCUT2D eigenvalue weighted by molar-refractivity contribution is 5.34. The van der Waals surface area contributed by atoms with Crippen LogP contribution in [-0.2, 0) is 10.3 Å². The SMILES string of the molecule is C[C@@]1(c2ccccc2)O[C@@H]1c1ccccc1. The number of ether oxygens (including phenoxy) is 1. The molecule has 0 radical (unpaired) electrons. The molecule has 0 bridgehead atoms. The third-order valence-electron chi connectivity index (χ3n) is 3.26. The summed E-state index contributed by atoms with van der Waals surface area (Å²) in [6.45, 7) is 2.15. The monoisotopic (exact) mass is 210 g/mol. The molecule has 1 heterocycles. The molecule has 1 fully saturated rings. The topological polar surface area (TPSA) is 12.5 Å². The molecule has 0 N–H and O–H groups in total. The van der Waals surface area contributed by atoms with Crippen molar-refractivity contribution in [1.82, 2.24) is 0 Å². The molecule has 2 atom stereocenters. The van der Waals surface area contributed by atoms with Crippen LogP contribution in [0.3, 0.4) is 0 Å². The van der Waals surface area contributed by atoms with Crippen molar-refractivity contribution in [3.05, 3.63) is 71.8 Å². The highest BCUT2D eigenvalue weighted by Gasteiger charge is 2.54. The third-order valence-corrected chi connectivity index (χ3v) is 3.26. The van der Waals surface area contributed by atoms with Crippen LogP contribution in [0.1, 0.15) is 24.2 Å². The Morgan fingerprint density at radius 3 is 2.06 bits per heavy atom. The van der Waals surface area contributed by atoms with E-state index in [2.05, 4.69) is 55.5 Å². The molecule has 0 amide bonds. The van der Waals surface area contributed by atoms with E-state index >= 15 is 0 Å². The molecule has 16 heavy (non-hydrogen) atoms. The lowest BCUT2D eigenvalue weighted by Crippen LogP contribution is -2.03. The molecule has 0 aromatic heterocycles. The summed E-state index contributed by atoms with van der Waals surface area (Å²) in [5.74, 6) is 0. The van der Waals surface area contributed by atoms with E-state index < -0.39 is 0 Å². The van der Waals surface area contributed by atoms with Gasteiger partial charge in [-0.2, -0.15) is 0 Å². The van der Waals surface area contributed by atoms with Crippen molar-refractivity contribution in [3.63, 3.8) is 0 Å². The molecule has 0 saturated carbocycles. The van der Waals surface area contributed by atoms with Crippen LogP contribution in [0.4, 0.5) is 0 Å². The Morgan fingerprint density at radius 2 is 1.44 bits per heavy atom. The van der Waals surface area contributed by atoms with Crippen LogP contribution >= 0.6 is 0 Å². The van der Waals surface area contributed by atoms with E-state index in [0.29, 0.717) is 0 Å². The zero-order valence-corrected chi connectivity index (χ0v) is 9.26. The zero-order chi connectivity index (χ0) is 11.0. The van der Waals surface area contributed by atoms with Crippen molar-refractivity contribution in [1.29, 1.82) is 0 Å². The van der Waals surface area contributed by atoms with Gasteiger partial charge in [-0.3, -0.25) is 0 Å². The van der Waals surface area contributed by atoms with Gasteiger partial charge < -0.3 is 4.74 Å². The lowest BCUT2D eigenvalue weighted by molar-refractivity contribution is 0.313. The van der Waals surface area contributed by atoms with Crippen LogP contribution in [0.15, 0.2) is 60.7 Å². The summed E-state index contributed by atoms with van der Waals surface area (Å²) in [4.78, 5) is 0. The first kappa shape index (κ1) is 9.61. The Balaban J connectivity index is 1.90. The summed E-state index contributed by atoms with van der Waals surface area (Å²) < 4.78 is 5.88. The third kappa shape index (κ3) is 1.44. The molecular weight excluding hydrogens is 196 g/mol. The van der Waals surface area contributed by atoms with Crippen molar-refractivity contribution in [2.45, 2.75) is 18.6 Å². The van der Waals surface area contributed by atoms with E-state index in [9.17, 15) is 0 Å². The van der Waals surface area contributed by atoms with Crippen molar-refractivity contribution in [2.24, 2.45) is 0 Å². The molecule has 0 spiro atoms. The Bertz CT molecular complexity index is 477. The molecule has 2 aromatic carbocycles. The summed E-state index contributed by atoms with van der Waals surface area (Å²) in [5, 5.41) is 0. The second-order valence-electron chi connectivity index (χ2n) is 4.38. The minimum atomic E-state index is -0.136. The lowest BCUT2D eigenvalue weighted by Gasteiger charge is -2.06. The summed E-state index contributed by atoms with van der Waals surface area (Å²) in [6, 6.07) is 20.8. The second kappa shape index (κ2) is 3.46. The van der Waals surface area contributed by atoms with E-state index in [1.165, 1.54) is 11.1 Å². The molecule has 0 unspecified atom stereocenters. The number of hydrogen-bond donors (Lipinski definition) is 0. The summed E-state index contributed by atoms with van der Waals surface area (Å²) in [7, 11) is 0. The minimum absolute atomic E-state index is 0.136. The maximum atomic E-state index is 5.88. The van der Waals surface area contributed by atoms with Gasteiger partial charge in [0, 0.05) is 0 Å².